The van der Waals surface area contributed by atoms with Gasteiger partial charge >= 0.3 is 6.18 Å². The number of anilines is 1. The Hall–Kier alpha value is -2.33. The maximum atomic E-state index is 12.7. The van der Waals surface area contributed by atoms with Crippen molar-refractivity contribution in [1.82, 2.24) is 15.3 Å². The average molecular weight is 439 g/mol. The molecule has 10 heteroatoms. The molecule has 0 aliphatic carbocycles. The molecule has 0 spiro atoms. The van der Waals surface area contributed by atoms with Gasteiger partial charge in [0.1, 0.15) is 5.82 Å². The second-order valence-electron chi connectivity index (χ2n) is 6.64. The molecule has 4 rings (SSSR count). The van der Waals surface area contributed by atoms with Crippen LogP contribution >= 0.6 is 23.1 Å². The number of nitrogens with zero attached hydrogens (tertiary/aromatic N) is 3. The van der Waals surface area contributed by atoms with Crippen LogP contribution in [-0.2, 0) is 11.0 Å². The molecule has 1 fully saturated rings. The van der Waals surface area contributed by atoms with E-state index in [0.29, 0.717) is 18.9 Å². The van der Waals surface area contributed by atoms with Crippen LogP contribution < -0.4 is 10.2 Å². The number of thiazole rings is 1. The fraction of sp³-hybridized carbons (Fsp3) is 0.316. The number of amides is 1. The van der Waals surface area contributed by atoms with Crippen molar-refractivity contribution in [2.24, 2.45) is 0 Å². The highest BCUT2D eigenvalue weighted by atomic mass is 32.2. The summed E-state index contributed by atoms with van der Waals surface area (Å²) in [4.78, 5) is 22.6. The summed E-state index contributed by atoms with van der Waals surface area (Å²) < 4.78 is 39.9. The summed E-state index contributed by atoms with van der Waals surface area (Å²) in [7, 11) is 0. The third-order valence-corrected chi connectivity index (χ3v) is 6.73. The number of benzene rings is 1. The van der Waals surface area contributed by atoms with Crippen molar-refractivity contribution in [3.8, 4) is 0 Å². The van der Waals surface area contributed by atoms with Crippen LogP contribution in [0.3, 0.4) is 0 Å². The maximum absolute atomic E-state index is 12.7. The van der Waals surface area contributed by atoms with Crippen LogP contribution in [-0.4, -0.2) is 40.8 Å². The number of aromatic nitrogens is 2. The van der Waals surface area contributed by atoms with E-state index in [2.05, 4.69) is 15.3 Å². The van der Waals surface area contributed by atoms with Gasteiger partial charge in [0.05, 0.1) is 21.5 Å². The summed E-state index contributed by atoms with van der Waals surface area (Å²) in [5, 5.41) is 2.99. The van der Waals surface area contributed by atoms with E-state index in [0.717, 1.165) is 33.2 Å². The number of hydrogen-bond acceptors (Lipinski definition) is 6. The Balaban J connectivity index is 1.27. The highest BCUT2D eigenvalue weighted by molar-refractivity contribution is 8.01. The van der Waals surface area contributed by atoms with Crippen molar-refractivity contribution >= 4 is 45.0 Å². The molecule has 0 bridgehead atoms. The molecule has 2 aromatic heterocycles. The zero-order chi connectivity index (χ0) is 20.4. The first-order chi connectivity index (χ1) is 13.9. The third kappa shape index (κ3) is 4.81. The normalized spacial score (nSPS) is 17.1. The smallest absolute Gasteiger partial charge is 0.354 e. The predicted molar refractivity (Wildman–Crippen MR) is 108 cm³/mol. The fourth-order valence-corrected chi connectivity index (χ4v) is 5.02. The standard InChI is InChI=1S/C19H17F3N4OS2/c20-19(21,22)12-5-6-16(23-9-12)26-8-7-13(10-26)24-17(27)11-28-18-25-14-3-1-2-4-15(14)29-18/h1-6,9,13H,7-8,10-11H2,(H,24,27)/t13-/m1/s1. The van der Waals surface area contributed by atoms with E-state index in [1.807, 2.05) is 29.2 Å². The molecule has 1 atom stereocenters. The lowest BCUT2D eigenvalue weighted by molar-refractivity contribution is -0.137. The van der Waals surface area contributed by atoms with Gasteiger partial charge in [0.25, 0.3) is 0 Å². The van der Waals surface area contributed by atoms with Crippen molar-refractivity contribution in [3.05, 3.63) is 48.2 Å². The molecule has 1 amide bonds. The monoisotopic (exact) mass is 438 g/mol. The summed E-state index contributed by atoms with van der Waals surface area (Å²) in [6.07, 6.45) is -2.83. The maximum Gasteiger partial charge on any atom is 0.417 e. The SMILES string of the molecule is O=C(CSc1nc2ccccc2s1)N[C@@H]1CCN(c2ccc(C(F)(F)F)cn2)C1. The van der Waals surface area contributed by atoms with Gasteiger partial charge in [-0.3, -0.25) is 4.79 Å². The lowest BCUT2D eigenvalue weighted by Crippen LogP contribution is -2.38. The first-order valence-electron chi connectivity index (χ1n) is 8.94. The summed E-state index contributed by atoms with van der Waals surface area (Å²) in [6.45, 7) is 1.16. The molecule has 1 saturated heterocycles. The highest BCUT2D eigenvalue weighted by Gasteiger charge is 2.31. The highest BCUT2D eigenvalue weighted by Crippen LogP contribution is 2.30. The van der Waals surface area contributed by atoms with Gasteiger partial charge in [0, 0.05) is 25.3 Å². The topological polar surface area (TPSA) is 58.1 Å². The van der Waals surface area contributed by atoms with Crippen LogP contribution in [0, 0.1) is 0 Å². The molecule has 29 heavy (non-hydrogen) atoms. The molecule has 1 aliphatic rings. The molecule has 0 radical (unpaired) electrons. The van der Waals surface area contributed by atoms with E-state index in [4.69, 9.17) is 0 Å². The van der Waals surface area contributed by atoms with Gasteiger partial charge in [-0.2, -0.15) is 13.2 Å². The van der Waals surface area contributed by atoms with Crippen LogP contribution in [0.1, 0.15) is 12.0 Å². The first-order valence-corrected chi connectivity index (χ1v) is 10.7. The molecule has 1 aromatic carbocycles. The molecular weight excluding hydrogens is 421 g/mol. The molecule has 3 heterocycles. The number of halogens is 3. The quantitative estimate of drug-likeness (QED) is 0.605. The lowest BCUT2D eigenvalue weighted by Gasteiger charge is -2.18. The van der Waals surface area contributed by atoms with Crippen molar-refractivity contribution in [3.63, 3.8) is 0 Å². The number of alkyl halides is 3. The fourth-order valence-electron chi connectivity index (χ4n) is 3.14. The largest absolute Gasteiger partial charge is 0.417 e. The minimum atomic E-state index is -4.39. The number of rotatable bonds is 5. The molecule has 5 nitrogen and oxygen atoms in total. The van der Waals surface area contributed by atoms with Gasteiger partial charge in [-0.1, -0.05) is 23.9 Å². The molecule has 0 unspecified atom stereocenters. The Kier molecular flexibility index (Phi) is 5.64. The Morgan fingerprint density at radius 2 is 2.10 bits per heavy atom. The number of nitrogens with one attached hydrogen (secondary N) is 1. The van der Waals surface area contributed by atoms with Crippen LogP contribution in [0.15, 0.2) is 46.9 Å². The zero-order valence-electron chi connectivity index (χ0n) is 15.1. The Morgan fingerprint density at radius 3 is 2.83 bits per heavy atom. The van der Waals surface area contributed by atoms with Gasteiger partial charge in [0.2, 0.25) is 5.91 Å². The van der Waals surface area contributed by atoms with E-state index >= 15 is 0 Å². The zero-order valence-corrected chi connectivity index (χ0v) is 16.8. The lowest BCUT2D eigenvalue weighted by atomic mass is 10.2. The number of hydrogen-bond donors (Lipinski definition) is 1. The minimum absolute atomic E-state index is 0.0532. The van der Waals surface area contributed by atoms with Crippen molar-refractivity contribution in [1.29, 1.82) is 0 Å². The van der Waals surface area contributed by atoms with Crippen LogP contribution in [0.5, 0.6) is 0 Å². The number of carbonyl (C=O) groups excluding carboxylic acids is 1. The number of para-hydroxylation sites is 1. The summed E-state index contributed by atoms with van der Waals surface area (Å²) in [6, 6.07) is 10.2. The molecule has 0 saturated carbocycles. The van der Waals surface area contributed by atoms with Crippen LogP contribution in [0.4, 0.5) is 19.0 Å². The third-order valence-electron chi connectivity index (χ3n) is 4.55. The van der Waals surface area contributed by atoms with Gasteiger partial charge in [-0.05, 0) is 30.7 Å². The van der Waals surface area contributed by atoms with Crippen molar-refractivity contribution in [2.75, 3.05) is 23.7 Å². The molecule has 152 valence electrons. The van der Waals surface area contributed by atoms with Crippen LogP contribution in [0.25, 0.3) is 10.2 Å². The molecular formula is C19H17F3N4OS2. The summed E-state index contributed by atoms with van der Waals surface area (Å²) >= 11 is 2.96. The van der Waals surface area contributed by atoms with Crippen molar-refractivity contribution in [2.45, 2.75) is 23.0 Å². The van der Waals surface area contributed by atoms with Gasteiger partial charge in [-0.25, -0.2) is 9.97 Å². The number of carbonyl (C=O) groups is 1. The van der Waals surface area contributed by atoms with E-state index in [1.54, 1.807) is 11.3 Å². The minimum Gasteiger partial charge on any atom is -0.354 e. The van der Waals surface area contributed by atoms with Crippen LogP contribution in [0.2, 0.25) is 0 Å². The molecule has 1 aliphatic heterocycles. The van der Waals surface area contributed by atoms with Gasteiger partial charge < -0.3 is 10.2 Å². The van der Waals surface area contributed by atoms with Gasteiger partial charge in [0.15, 0.2) is 4.34 Å². The Morgan fingerprint density at radius 1 is 1.28 bits per heavy atom. The predicted octanol–water partition coefficient (Wildman–Crippen LogP) is 4.20. The van der Waals surface area contributed by atoms with Crippen molar-refractivity contribution < 1.29 is 18.0 Å². The summed E-state index contributed by atoms with van der Waals surface area (Å²) in [5.74, 6) is 0.676. The number of pyridine rings is 1. The van der Waals surface area contributed by atoms with E-state index in [1.165, 1.54) is 17.8 Å². The first kappa shape index (κ1) is 20.0. The second kappa shape index (κ2) is 8.19. The van der Waals surface area contributed by atoms with E-state index in [-0.39, 0.29) is 17.7 Å². The Bertz CT molecular complexity index is 974. The van der Waals surface area contributed by atoms with E-state index in [9.17, 15) is 18.0 Å². The Labute approximate surface area is 173 Å². The second-order valence-corrected chi connectivity index (χ2v) is 8.89. The number of thioether (sulfide) groups is 1. The van der Waals surface area contributed by atoms with E-state index < -0.39 is 11.7 Å². The molecule has 1 N–H and O–H groups in total. The summed E-state index contributed by atoms with van der Waals surface area (Å²) in [5.41, 5.74) is 0.160. The average Bonchev–Trinajstić information content (AvgIpc) is 3.32. The number of fused-ring (bicyclic) bond motifs is 1. The van der Waals surface area contributed by atoms with Gasteiger partial charge in [-0.15, -0.1) is 11.3 Å². The molecule has 3 aromatic rings.